The van der Waals surface area contributed by atoms with Gasteiger partial charge in [-0.1, -0.05) is 12.1 Å². The largest absolute Gasteiger partial charge is 0.492 e. The van der Waals surface area contributed by atoms with Crippen molar-refractivity contribution >= 4 is 5.69 Å². The summed E-state index contributed by atoms with van der Waals surface area (Å²) in [7, 11) is 0. The quantitative estimate of drug-likeness (QED) is 0.835. The maximum absolute atomic E-state index is 5.77. The number of para-hydroxylation sites is 2. The van der Waals surface area contributed by atoms with Crippen molar-refractivity contribution in [3.63, 3.8) is 0 Å². The lowest BCUT2D eigenvalue weighted by Gasteiger charge is -2.38. The first-order chi connectivity index (χ1) is 10.9. The highest BCUT2D eigenvalue weighted by Gasteiger charge is 2.23. The molecule has 0 radical (unpaired) electrons. The lowest BCUT2D eigenvalue weighted by molar-refractivity contribution is 0.0377. The number of nitrogens with zero attached hydrogens (tertiary/aromatic N) is 2. The summed E-state index contributed by atoms with van der Waals surface area (Å²) in [4.78, 5) is 5.05. The third-order valence-corrected chi connectivity index (χ3v) is 4.65. The first kappa shape index (κ1) is 15.6. The molecule has 2 aliphatic heterocycles. The molecular formula is C18H28N2O2. The molecule has 0 unspecified atom stereocenters. The Hall–Kier alpha value is -1.26. The molecular weight excluding hydrogens is 276 g/mol. The predicted octanol–water partition coefficient (Wildman–Crippen LogP) is 2.63. The second-order valence-electron chi connectivity index (χ2n) is 6.27. The number of benzene rings is 1. The Morgan fingerprint density at radius 1 is 1.18 bits per heavy atom. The molecule has 0 aliphatic carbocycles. The van der Waals surface area contributed by atoms with Gasteiger partial charge in [-0.3, -0.25) is 4.90 Å². The van der Waals surface area contributed by atoms with E-state index in [-0.39, 0.29) is 0 Å². The molecule has 1 atom stereocenters. The van der Waals surface area contributed by atoms with Gasteiger partial charge in [0.05, 0.1) is 18.9 Å². The summed E-state index contributed by atoms with van der Waals surface area (Å²) in [6.45, 7) is 10.3. The van der Waals surface area contributed by atoms with E-state index >= 15 is 0 Å². The zero-order valence-corrected chi connectivity index (χ0v) is 13.7. The first-order valence-electron chi connectivity index (χ1n) is 8.63. The van der Waals surface area contributed by atoms with Crippen LogP contribution in [-0.4, -0.2) is 57.4 Å². The Kier molecular flexibility index (Phi) is 5.57. The van der Waals surface area contributed by atoms with E-state index in [1.54, 1.807) is 0 Å². The summed E-state index contributed by atoms with van der Waals surface area (Å²) < 4.78 is 11.4. The molecule has 2 heterocycles. The van der Waals surface area contributed by atoms with E-state index in [0.29, 0.717) is 0 Å². The van der Waals surface area contributed by atoms with Crippen molar-refractivity contribution in [2.75, 3.05) is 57.4 Å². The van der Waals surface area contributed by atoms with Crippen molar-refractivity contribution < 1.29 is 9.47 Å². The highest BCUT2D eigenvalue weighted by Crippen LogP contribution is 2.29. The van der Waals surface area contributed by atoms with Gasteiger partial charge in [-0.05, 0) is 37.8 Å². The van der Waals surface area contributed by atoms with Crippen LogP contribution in [0, 0.1) is 5.92 Å². The van der Waals surface area contributed by atoms with Crippen molar-refractivity contribution in [1.82, 2.24) is 4.90 Å². The Labute approximate surface area is 134 Å². The van der Waals surface area contributed by atoms with Crippen LogP contribution in [0.1, 0.15) is 19.8 Å². The van der Waals surface area contributed by atoms with Crippen molar-refractivity contribution in [1.29, 1.82) is 0 Å². The Balaban J connectivity index is 1.53. The molecule has 0 saturated carbocycles. The minimum atomic E-state index is 0.721. The van der Waals surface area contributed by atoms with E-state index in [0.717, 1.165) is 57.7 Å². The van der Waals surface area contributed by atoms with Gasteiger partial charge in [-0.2, -0.15) is 0 Å². The standard InChI is InChI=1S/C18H28N2O2/c1-2-22-18-8-4-3-7-17(18)20-11-9-19(10-12-20)14-16-6-5-13-21-15-16/h3-4,7-8,16H,2,5-6,9-15H2,1H3/t16-/m1/s1. The van der Waals surface area contributed by atoms with Crippen LogP contribution in [0.3, 0.4) is 0 Å². The fourth-order valence-electron chi connectivity index (χ4n) is 3.48. The second kappa shape index (κ2) is 7.84. The number of ether oxygens (including phenoxy) is 2. The second-order valence-corrected chi connectivity index (χ2v) is 6.27. The lowest BCUT2D eigenvalue weighted by atomic mass is 10.0. The summed E-state index contributed by atoms with van der Waals surface area (Å²) in [6, 6.07) is 8.40. The zero-order chi connectivity index (χ0) is 15.2. The molecule has 0 bridgehead atoms. The summed E-state index contributed by atoms with van der Waals surface area (Å²) >= 11 is 0. The van der Waals surface area contributed by atoms with E-state index in [4.69, 9.17) is 9.47 Å². The maximum atomic E-state index is 5.77. The van der Waals surface area contributed by atoms with Crippen LogP contribution in [0.25, 0.3) is 0 Å². The van der Waals surface area contributed by atoms with E-state index in [1.807, 2.05) is 13.0 Å². The molecule has 4 nitrogen and oxygen atoms in total. The SMILES string of the molecule is CCOc1ccccc1N1CCN(C[C@H]2CCCOC2)CC1. The van der Waals surface area contributed by atoms with Gasteiger partial charge < -0.3 is 14.4 Å². The van der Waals surface area contributed by atoms with Gasteiger partial charge in [0, 0.05) is 39.3 Å². The Morgan fingerprint density at radius 2 is 2.00 bits per heavy atom. The van der Waals surface area contributed by atoms with E-state index in [9.17, 15) is 0 Å². The lowest BCUT2D eigenvalue weighted by Crippen LogP contribution is -2.48. The fraction of sp³-hybridized carbons (Fsp3) is 0.667. The molecule has 2 aliphatic rings. The van der Waals surface area contributed by atoms with E-state index < -0.39 is 0 Å². The summed E-state index contributed by atoms with van der Waals surface area (Å²) in [5.74, 6) is 1.75. The van der Waals surface area contributed by atoms with Crippen molar-refractivity contribution in [3.8, 4) is 5.75 Å². The molecule has 2 saturated heterocycles. The number of hydrogen-bond donors (Lipinski definition) is 0. The maximum Gasteiger partial charge on any atom is 0.142 e. The molecule has 4 heteroatoms. The average molecular weight is 304 g/mol. The van der Waals surface area contributed by atoms with Crippen LogP contribution in [0.15, 0.2) is 24.3 Å². The monoisotopic (exact) mass is 304 g/mol. The van der Waals surface area contributed by atoms with Gasteiger partial charge in [0.25, 0.3) is 0 Å². The highest BCUT2D eigenvalue weighted by atomic mass is 16.5. The van der Waals surface area contributed by atoms with Crippen LogP contribution in [0.4, 0.5) is 5.69 Å². The summed E-state index contributed by atoms with van der Waals surface area (Å²) in [5.41, 5.74) is 1.24. The minimum absolute atomic E-state index is 0.721. The summed E-state index contributed by atoms with van der Waals surface area (Å²) in [6.07, 6.45) is 2.56. The Bertz CT molecular complexity index is 452. The molecule has 0 amide bonds. The van der Waals surface area contributed by atoms with E-state index in [1.165, 1.54) is 25.1 Å². The van der Waals surface area contributed by atoms with Gasteiger partial charge in [-0.25, -0.2) is 0 Å². The van der Waals surface area contributed by atoms with Crippen molar-refractivity contribution in [2.24, 2.45) is 5.92 Å². The zero-order valence-electron chi connectivity index (χ0n) is 13.7. The molecule has 1 aromatic carbocycles. The highest BCUT2D eigenvalue weighted by molar-refractivity contribution is 5.58. The normalized spacial score (nSPS) is 23.5. The van der Waals surface area contributed by atoms with E-state index in [2.05, 4.69) is 28.0 Å². The molecule has 0 spiro atoms. The third-order valence-electron chi connectivity index (χ3n) is 4.65. The smallest absolute Gasteiger partial charge is 0.142 e. The molecule has 0 N–H and O–H groups in total. The van der Waals surface area contributed by atoms with Crippen LogP contribution >= 0.6 is 0 Å². The topological polar surface area (TPSA) is 24.9 Å². The van der Waals surface area contributed by atoms with Crippen LogP contribution in [0.2, 0.25) is 0 Å². The van der Waals surface area contributed by atoms with Gasteiger partial charge >= 0.3 is 0 Å². The van der Waals surface area contributed by atoms with Crippen LogP contribution in [0.5, 0.6) is 5.75 Å². The molecule has 0 aromatic heterocycles. The van der Waals surface area contributed by atoms with Gasteiger partial charge in [0.15, 0.2) is 0 Å². The molecule has 22 heavy (non-hydrogen) atoms. The average Bonchev–Trinajstić information content (AvgIpc) is 2.58. The minimum Gasteiger partial charge on any atom is -0.492 e. The fourth-order valence-corrected chi connectivity index (χ4v) is 3.48. The molecule has 1 aromatic rings. The van der Waals surface area contributed by atoms with Crippen LogP contribution in [-0.2, 0) is 4.74 Å². The van der Waals surface area contributed by atoms with Gasteiger partial charge in [-0.15, -0.1) is 0 Å². The van der Waals surface area contributed by atoms with Gasteiger partial charge in [0.2, 0.25) is 0 Å². The van der Waals surface area contributed by atoms with Crippen LogP contribution < -0.4 is 9.64 Å². The van der Waals surface area contributed by atoms with Gasteiger partial charge in [0.1, 0.15) is 5.75 Å². The van der Waals surface area contributed by atoms with Crippen molar-refractivity contribution in [3.05, 3.63) is 24.3 Å². The number of hydrogen-bond acceptors (Lipinski definition) is 4. The number of anilines is 1. The summed E-state index contributed by atoms with van der Waals surface area (Å²) in [5, 5.41) is 0. The molecule has 2 fully saturated rings. The first-order valence-corrected chi connectivity index (χ1v) is 8.63. The number of piperazine rings is 1. The van der Waals surface area contributed by atoms with Crippen molar-refractivity contribution in [2.45, 2.75) is 19.8 Å². The molecule has 3 rings (SSSR count). The number of rotatable bonds is 5. The Morgan fingerprint density at radius 3 is 2.73 bits per heavy atom. The molecule has 122 valence electrons. The predicted molar refractivity (Wildman–Crippen MR) is 89.8 cm³/mol. The third kappa shape index (κ3) is 3.93.